The lowest BCUT2D eigenvalue weighted by Gasteiger charge is -2.15. The maximum absolute atomic E-state index is 12.2. The molecule has 3 N–H and O–H groups in total. The van der Waals surface area contributed by atoms with Crippen molar-refractivity contribution in [3.8, 4) is 0 Å². The SMILES string of the molecule is Cc1nc2c(c(C)c1CCC(=O)NCC1=CCNCC1)c(=O)[nH]n2C. The van der Waals surface area contributed by atoms with Gasteiger partial charge in [0.1, 0.15) is 0 Å². The van der Waals surface area contributed by atoms with Gasteiger partial charge in [-0.2, -0.15) is 0 Å². The van der Waals surface area contributed by atoms with E-state index in [-0.39, 0.29) is 11.5 Å². The lowest BCUT2D eigenvalue weighted by atomic mass is 10.00. The molecule has 0 spiro atoms. The molecule has 25 heavy (non-hydrogen) atoms. The Morgan fingerprint density at radius 1 is 1.40 bits per heavy atom. The monoisotopic (exact) mass is 343 g/mol. The molecule has 0 saturated carbocycles. The first kappa shape index (κ1) is 17.4. The van der Waals surface area contributed by atoms with Gasteiger partial charge in [0.05, 0.1) is 5.39 Å². The van der Waals surface area contributed by atoms with Gasteiger partial charge in [-0.25, -0.2) is 4.98 Å². The average Bonchev–Trinajstić information content (AvgIpc) is 2.87. The van der Waals surface area contributed by atoms with Gasteiger partial charge in [-0.05, 0) is 44.4 Å². The molecule has 134 valence electrons. The van der Waals surface area contributed by atoms with Crippen LogP contribution in [-0.2, 0) is 18.3 Å². The number of amides is 1. The molecule has 7 heteroatoms. The summed E-state index contributed by atoms with van der Waals surface area (Å²) in [5, 5.41) is 9.60. The summed E-state index contributed by atoms with van der Waals surface area (Å²) in [5.41, 5.74) is 4.57. The van der Waals surface area contributed by atoms with E-state index < -0.39 is 0 Å². The molecule has 1 amide bonds. The molecule has 0 aliphatic carbocycles. The normalized spacial score (nSPS) is 14.6. The highest BCUT2D eigenvalue weighted by atomic mass is 16.1. The minimum absolute atomic E-state index is 0.0281. The van der Waals surface area contributed by atoms with Crippen LogP contribution in [0.4, 0.5) is 0 Å². The van der Waals surface area contributed by atoms with E-state index in [0.29, 0.717) is 30.4 Å². The lowest BCUT2D eigenvalue weighted by molar-refractivity contribution is -0.120. The highest BCUT2D eigenvalue weighted by molar-refractivity contribution is 5.81. The Morgan fingerprint density at radius 3 is 2.92 bits per heavy atom. The minimum Gasteiger partial charge on any atom is -0.352 e. The van der Waals surface area contributed by atoms with Gasteiger partial charge in [-0.1, -0.05) is 11.6 Å². The van der Waals surface area contributed by atoms with E-state index in [1.807, 2.05) is 13.8 Å². The van der Waals surface area contributed by atoms with E-state index in [1.165, 1.54) is 5.57 Å². The van der Waals surface area contributed by atoms with Gasteiger partial charge in [0, 0.05) is 32.3 Å². The molecule has 0 unspecified atom stereocenters. The first-order valence-corrected chi connectivity index (χ1v) is 8.67. The zero-order chi connectivity index (χ0) is 18.0. The Balaban J connectivity index is 1.68. The number of rotatable bonds is 5. The second-order valence-corrected chi connectivity index (χ2v) is 6.59. The number of hydrogen-bond donors (Lipinski definition) is 3. The minimum atomic E-state index is -0.133. The Bertz CT molecular complexity index is 891. The number of aromatic nitrogens is 3. The zero-order valence-corrected chi connectivity index (χ0v) is 15.0. The number of carbonyl (C=O) groups is 1. The molecule has 2 aromatic heterocycles. The Labute approximate surface area is 146 Å². The molecule has 0 aromatic carbocycles. The van der Waals surface area contributed by atoms with Crippen LogP contribution in [-0.4, -0.2) is 40.3 Å². The van der Waals surface area contributed by atoms with Crippen molar-refractivity contribution in [1.29, 1.82) is 0 Å². The number of aromatic amines is 1. The van der Waals surface area contributed by atoms with Gasteiger partial charge in [0.25, 0.3) is 5.56 Å². The van der Waals surface area contributed by atoms with Gasteiger partial charge < -0.3 is 10.6 Å². The van der Waals surface area contributed by atoms with Crippen molar-refractivity contribution >= 4 is 16.9 Å². The molecule has 3 rings (SSSR count). The quantitative estimate of drug-likeness (QED) is 0.702. The van der Waals surface area contributed by atoms with Gasteiger partial charge in [-0.3, -0.25) is 19.4 Å². The van der Waals surface area contributed by atoms with Crippen LogP contribution in [0.2, 0.25) is 0 Å². The molecular formula is C18H25N5O2. The predicted octanol–water partition coefficient (Wildman–Crippen LogP) is 0.847. The number of H-pyrrole nitrogens is 1. The molecule has 0 radical (unpaired) electrons. The van der Waals surface area contributed by atoms with Crippen LogP contribution in [0.1, 0.15) is 29.7 Å². The number of carbonyl (C=O) groups excluding carboxylic acids is 1. The summed E-state index contributed by atoms with van der Waals surface area (Å²) in [7, 11) is 1.78. The summed E-state index contributed by atoms with van der Waals surface area (Å²) < 4.78 is 1.64. The maximum Gasteiger partial charge on any atom is 0.273 e. The van der Waals surface area contributed by atoms with Crippen molar-refractivity contribution in [3.63, 3.8) is 0 Å². The van der Waals surface area contributed by atoms with E-state index in [4.69, 9.17) is 0 Å². The first-order valence-electron chi connectivity index (χ1n) is 8.67. The van der Waals surface area contributed by atoms with Crippen LogP contribution < -0.4 is 16.2 Å². The van der Waals surface area contributed by atoms with Crippen LogP contribution in [0.5, 0.6) is 0 Å². The Morgan fingerprint density at radius 2 is 2.20 bits per heavy atom. The number of fused-ring (bicyclic) bond motifs is 1. The molecule has 2 aromatic rings. The highest BCUT2D eigenvalue weighted by Crippen LogP contribution is 2.21. The topological polar surface area (TPSA) is 91.8 Å². The van der Waals surface area contributed by atoms with Crippen molar-refractivity contribution in [2.24, 2.45) is 7.05 Å². The fourth-order valence-corrected chi connectivity index (χ4v) is 3.39. The molecule has 3 heterocycles. The molecular weight excluding hydrogens is 318 g/mol. The molecule has 0 saturated heterocycles. The molecule has 0 atom stereocenters. The second kappa shape index (κ2) is 7.23. The Hall–Kier alpha value is -2.41. The number of nitrogens with one attached hydrogen (secondary N) is 3. The van der Waals surface area contributed by atoms with E-state index in [9.17, 15) is 9.59 Å². The molecule has 1 aliphatic heterocycles. The van der Waals surface area contributed by atoms with Crippen molar-refractivity contribution in [2.75, 3.05) is 19.6 Å². The third-order valence-corrected chi connectivity index (χ3v) is 4.85. The van der Waals surface area contributed by atoms with E-state index in [0.717, 1.165) is 36.3 Å². The first-order chi connectivity index (χ1) is 12.0. The standard InChI is InChI=1S/C18H25N5O2/c1-11-14(12(2)21-17-16(11)18(25)22-23(17)3)4-5-15(24)20-10-13-6-8-19-9-7-13/h6,19H,4-5,7-10H2,1-3H3,(H,20,24)(H,22,25). The fourth-order valence-electron chi connectivity index (χ4n) is 3.39. The summed E-state index contributed by atoms with van der Waals surface area (Å²) in [6.45, 7) is 6.32. The van der Waals surface area contributed by atoms with Crippen LogP contribution in [0.15, 0.2) is 16.4 Å². The van der Waals surface area contributed by atoms with E-state index in [1.54, 1.807) is 11.7 Å². The van der Waals surface area contributed by atoms with Crippen molar-refractivity contribution in [3.05, 3.63) is 38.8 Å². The van der Waals surface area contributed by atoms with Crippen molar-refractivity contribution < 1.29 is 4.79 Å². The van der Waals surface area contributed by atoms with Gasteiger partial charge in [0.15, 0.2) is 5.65 Å². The lowest BCUT2D eigenvalue weighted by Crippen LogP contribution is -2.29. The largest absolute Gasteiger partial charge is 0.352 e. The second-order valence-electron chi connectivity index (χ2n) is 6.59. The zero-order valence-electron chi connectivity index (χ0n) is 15.0. The van der Waals surface area contributed by atoms with Crippen LogP contribution in [0, 0.1) is 13.8 Å². The number of pyridine rings is 1. The summed E-state index contributed by atoms with van der Waals surface area (Å²) in [4.78, 5) is 28.8. The van der Waals surface area contributed by atoms with Crippen LogP contribution in [0.3, 0.4) is 0 Å². The fraction of sp³-hybridized carbons (Fsp3) is 0.500. The third-order valence-electron chi connectivity index (χ3n) is 4.85. The summed E-state index contributed by atoms with van der Waals surface area (Å²) in [5.74, 6) is 0.0281. The molecule has 0 bridgehead atoms. The maximum atomic E-state index is 12.2. The smallest absolute Gasteiger partial charge is 0.273 e. The van der Waals surface area contributed by atoms with E-state index in [2.05, 4.69) is 26.8 Å². The molecule has 1 aliphatic rings. The average molecular weight is 343 g/mol. The number of nitrogens with zero attached hydrogens (tertiary/aromatic N) is 2. The van der Waals surface area contributed by atoms with Crippen LogP contribution in [0.25, 0.3) is 11.0 Å². The van der Waals surface area contributed by atoms with Gasteiger partial charge >= 0.3 is 0 Å². The number of aryl methyl sites for hydroxylation is 3. The summed E-state index contributed by atoms with van der Waals surface area (Å²) in [6.07, 6.45) is 4.10. The van der Waals surface area contributed by atoms with Crippen LogP contribution >= 0.6 is 0 Å². The third kappa shape index (κ3) is 3.66. The van der Waals surface area contributed by atoms with Gasteiger partial charge in [0.2, 0.25) is 5.91 Å². The van der Waals surface area contributed by atoms with Gasteiger partial charge in [-0.15, -0.1) is 0 Å². The van der Waals surface area contributed by atoms with Crippen molar-refractivity contribution in [2.45, 2.75) is 33.1 Å². The number of hydrogen-bond acceptors (Lipinski definition) is 4. The predicted molar refractivity (Wildman–Crippen MR) is 97.7 cm³/mol. The summed E-state index contributed by atoms with van der Waals surface area (Å²) in [6, 6.07) is 0. The molecule has 7 nitrogen and oxygen atoms in total. The summed E-state index contributed by atoms with van der Waals surface area (Å²) >= 11 is 0. The highest BCUT2D eigenvalue weighted by Gasteiger charge is 2.16. The van der Waals surface area contributed by atoms with Crippen molar-refractivity contribution in [1.82, 2.24) is 25.4 Å². The van der Waals surface area contributed by atoms with E-state index >= 15 is 0 Å². The Kier molecular flexibility index (Phi) is 5.03. The molecule has 0 fully saturated rings.